The van der Waals surface area contributed by atoms with E-state index in [1.54, 1.807) is 36.4 Å². The van der Waals surface area contributed by atoms with Gasteiger partial charge in [-0.1, -0.05) is 23.7 Å². The van der Waals surface area contributed by atoms with Crippen LogP contribution in [0.2, 0.25) is 5.02 Å². The first-order valence-electron chi connectivity index (χ1n) is 11.1. The highest BCUT2D eigenvalue weighted by Crippen LogP contribution is 2.31. The van der Waals surface area contributed by atoms with Crippen molar-refractivity contribution in [1.82, 2.24) is 10.6 Å². The van der Waals surface area contributed by atoms with Crippen molar-refractivity contribution in [2.75, 3.05) is 13.1 Å². The van der Waals surface area contributed by atoms with E-state index in [0.29, 0.717) is 60.0 Å². The minimum Gasteiger partial charge on any atom is -0.490 e. The molecule has 1 heterocycles. The number of rotatable bonds is 8. The Kier molecular flexibility index (Phi) is 7.70. The zero-order chi connectivity index (χ0) is 24.1. The maximum atomic E-state index is 12.4. The fourth-order valence-electron chi connectivity index (χ4n) is 3.99. The molecule has 1 aliphatic carbocycles. The molecule has 4 rings (SSSR count). The van der Waals surface area contributed by atoms with Gasteiger partial charge in [0.25, 0.3) is 11.8 Å². The third kappa shape index (κ3) is 5.87. The van der Waals surface area contributed by atoms with Crippen molar-refractivity contribution in [3.8, 4) is 5.75 Å². The largest absolute Gasteiger partial charge is 0.490 e. The summed E-state index contributed by atoms with van der Waals surface area (Å²) in [6, 6.07) is 14.2. The Morgan fingerprint density at radius 1 is 0.971 bits per heavy atom. The maximum Gasteiger partial charge on any atom is 0.306 e. The van der Waals surface area contributed by atoms with E-state index in [1.165, 1.54) is 11.3 Å². The zero-order valence-corrected chi connectivity index (χ0v) is 20.0. The molecule has 0 unspecified atom stereocenters. The van der Waals surface area contributed by atoms with Crippen LogP contribution in [0.25, 0.3) is 10.1 Å². The van der Waals surface area contributed by atoms with Gasteiger partial charge < -0.3 is 20.5 Å². The van der Waals surface area contributed by atoms with E-state index >= 15 is 0 Å². The lowest BCUT2D eigenvalue weighted by atomic mass is 9.87. The highest BCUT2D eigenvalue weighted by atomic mass is 35.5. The predicted molar refractivity (Wildman–Crippen MR) is 132 cm³/mol. The first kappa shape index (κ1) is 24.0. The standard InChI is InChI=1S/C25H25ClN2O5S/c26-20-3-1-2-17-14-21(34-22(17)20)24(30)28-13-12-27-23(29)15-4-8-18(9-5-15)33-19-10-6-16(7-11-19)25(31)32/h1-5,8-9,14,16,19H,6-7,10-13H2,(H,27,29)(H,28,30)(H,31,32). The van der Waals surface area contributed by atoms with Crippen LogP contribution in [-0.2, 0) is 4.79 Å². The molecular weight excluding hydrogens is 476 g/mol. The van der Waals surface area contributed by atoms with Crippen LogP contribution in [-0.4, -0.2) is 42.1 Å². The molecule has 0 bridgehead atoms. The second-order valence-electron chi connectivity index (χ2n) is 8.23. The predicted octanol–water partition coefficient (Wildman–Crippen LogP) is 4.74. The summed E-state index contributed by atoms with van der Waals surface area (Å²) in [5.41, 5.74) is 0.493. The number of amides is 2. The zero-order valence-electron chi connectivity index (χ0n) is 18.4. The summed E-state index contributed by atoms with van der Waals surface area (Å²) in [5, 5.41) is 16.2. The SMILES string of the molecule is O=C(NCCNC(=O)c1cc2cccc(Cl)c2s1)c1ccc(OC2CCC(C(=O)O)CC2)cc1. The number of benzene rings is 2. The van der Waals surface area contributed by atoms with Gasteiger partial charge in [-0.25, -0.2) is 0 Å². The molecule has 7 nitrogen and oxygen atoms in total. The van der Waals surface area contributed by atoms with Crippen molar-refractivity contribution in [3.63, 3.8) is 0 Å². The van der Waals surface area contributed by atoms with Crippen LogP contribution in [0, 0.1) is 5.92 Å². The number of aliphatic carboxylic acids is 1. The molecule has 0 atom stereocenters. The molecule has 34 heavy (non-hydrogen) atoms. The number of fused-ring (bicyclic) bond motifs is 1. The summed E-state index contributed by atoms with van der Waals surface area (Å²) in [5.74, 6) is -0.801. The number of carbonyl (C=O) groups is 3. The average molecular weight is 501 g/mol. The second kappa shape index (κ2) is 10.9. The molecule has 3 N–H and O–H groups in total. The highest BCUT2D eigenvalue weighted by molar-refractivity contribution is 7.21. The van der Waals surface area contributed by atoms with Crippen LogP contribution in [0.3, 0.4) is 0 Å². The Bertz CT molecular complexity index is 1190. The molecular formula is C25H25ClN2O5S. The summed E-state index contributed by atoms with van der Waals surface area (Å²) in [7, 11) is 0. The molecule has 0 aliphatic heterocycles. The van der Waals surface area contributed by atoms with Crippen molar-refractivity contribution in [2.24, 2.45) is 5.92 Å². The van der Waals surface area contributed by atoms with Gasteiger partial charge >= 0.3 is 5.97 Å². The summed E-state index contributed by atoms with van der Waals surface area (Å²) in [6.45, 7) is 0.591. The summed E-state index contributed by atoms with van der Waals surface area (Å²) in [4.78, 5) is 36.4. The fraction of sp³-hybridized carbons (Fsp3) is 0.320. The van der Waals surface area contributed by atoms with Crippen LogP contribution in [0.1, 0.15) is 45.7 Å². The third-order valence-corrected chi connectivity index (χ3v) is 7.47. The molecule has 9 heteroatoms. The van der Waals surface area contributed by atoms with Crippen LogP contribution in [0.5, 0.6) is 5.75 Å². The number of hydrogen-bond acceptors (Lipinski definition) is 5. The van der Waals surface area contributed by atoms with E-state index in [-0.39, 0.29) is 23.8 Å². The molecule has 1 fully saturated rings. The summed E-state index contributed by atoms with van der Waals surface area (Å²) < 4.78 is 6.81. The summed E-state index contributed by atoms with van der Waals surface area (Å²) >= 11 is 7.51. The fourth-order valence-corrected chi connectivity index (χ4v) is 5.26. The molecule has 1 aliphatic rings. The number of carboxylic acid groups (broad SMARTS) is 1. The first-order chi connectivity index (χ1) is 16.4. The molecule has 0 spiro atoms. The van der Waals surface area contributed by atoms with Crippen LogP contribution >= 0.6 is 22.9 Å². The van der Waals surface area contributed by atoms with Crippen molar-refractivity contribution < 1.29 is 24.2 Å². The van der Waals surface area contributed by atoms with Gasteiger partial charge in [-0.15, -0.1) is 11.3 Å². The lowest BCUT2D eigenvalue weighted by Crippen LogP contribution is -2.34. The smallest absolute Gasteiger partial charge is 0.306 e. The summed E-state index contributed by atoms with van der Waals surface area (Å²) in [6.07, 6.45) is 2.65. The Morgan fingerprint density at radius 3 is 2.29 bits per heavy atom. The average Bonchev–Trinajstić information content (AvgIpc) is 3.28. The molecule has 0 saturated heterocycles. The van der Waals surface area contributed by atoms with Gasteiger partial charge in [-0.3, -0.25) is 14.4 Å². The molecule has 3 aromatic rings. The third-order valence-electron chi connectivity index (χ3n) is 5.86. The number of hydrogen-bond donors (Lipinski definition) is 3. The minimum atomic E-state index is -0.738. The molecule has 178 valence electrons. The number of thiophene rings is 1. The molecule has 2 amide bonds. The number of halogens is 1. The van der Waals surface area contributed by atoms with Crippen LogP contribution < -0.4 is 15.4 Å². The Hall–Kier alpha value is -3.10. The molecule has 2 aromatic carbocycles. The van der Waals surface area contributed by atoms with E-state index in [0.717, 1.165) is 10.1 Å². The van der Waals surface area contributed by atoms with Gasteiger partial charge in [0, 0.05) is 18.7 Å². The van der Waals surface area contributed by atoms with Gasteiger partial charge in [-0.2, -0.15) is 0 Å². The normalized spacial score (nSPS) is 17.8. The lowest BCUT2D eigenvalue weighted by molar-refractivity contribution is -0.143. The molecule has 0 radical (unpaired) electrons. The first-order valence-corrected chi connectivity index (χ1v) is 12.3. The second-order valence-corrected chi connectivity index (χ2v) is 9.69. The Morgan fingerprint density at radius 2 is 1.65 bits per heavy atom. The minimum absolute atomic E-state index is 0.00384. The molecule has 1 aromatic heterocycles. The van der Waals surface area contributed by atoms with Gasteiger partial charge in [0.1, 0.15) is 5.75 Å². The quantitative estimate of drug-likeness (QED) is 0.387. The van der Waals surface area contributed by atoms with E-state index in [9.17, 15) is 14.4 Å². The number of ether oxygens (including phenoxy) is 1. The maximum absolute atomic E-state index is 12.4. The van der Waals surface area contributed by atoms with E-state index in [4.69, 9.17) is 21.4 Å². The van der Waals surface area contributed by atoms with E-state index in [2.05, 4.69) is 10.6 Å². The van der Waals surface area contributed by atoms with Crippen molar-refractivity contribution in [1.29, 1.82) is 0 Å². The van der Waals surface area contributed by atoms with Gasteiger partial charge in [0.05, 0.1) is 26.6 Å². The van der Waals surface area contributed by atoms with Crippen LogP contribution in [0.15, 0.2) is 48.5 Å². The monoisotopic (exact) mass is 500 g/mol. The topological polar surface area (TPSA) is 105 Å². The van der Waals surface area contributed by atoms with Crippen molar-refractivity contribution in [2.45, 2.75) is 31.8 Å². The number of nitrogens with one attached hydrogen (secondary N) is 2. The Balaban J connectivity index is 1.20. The van der Waals surface area contributed by atoms with Crippen molar-refractivity contribution >= 4 is 50.8 Å². The lowest BCUT2D eigenvalue weighted by Gasteiger charge is -2.26. The number of carbonyl (C=O) groups excluding carboxylic acids is 2. The van der Waals surface area contributed by atoms with Gasteiger partial charge in [0.2, 0.25) is 0 Å². The van der Waals surface area contributed by atoms with E-state index < -0.39 is 5.97 Å². The van der Waals surface area contributed by atoms with Gasteiger partial charge in [-0.05, 0) is 67.5 Å². The highest BCUT2D eigenvalue weighted by Gasteiger charge is 2.26. The van der Waals surface area contributed by atoms with Crippen molar-refractivity contribution in [3.05, 3.63) is 64.0 Å². The number of carboxylic acids is 1. The van der Waals surface area contributed by atoms with E-state index in [1.807, 2.05) is 12.1 Å². The van der Waals surface area contributed by atoms with Gasteiger partial charge in [0.15, 0.2) is 0 Å². The Labute approximate surface area is 206 Å². The van der Waals surface area contributed by atoms with Crippen LogP contribution in [0.4, 0.5) is 0 Å². The molecule has 1 saturated carbocycles.